The molecule has 3 aliphatic rings. The van der Waals surface area contributed by atoms with E-state index in [2.05, 4.69) is 67.2 Å². The van der Waals surface area contributed by atoms with Crippen LogP contribution in [0.2, 0.25) is 0 Å². The van der Waals surface area contributed by atoms with Crippen LogP contribution in [0.5, 0.6) is 0 Å². The third-order valence-corrected chi connectivity index (χ3v) is 14.5. The number of ether oxygens (including phenoxy) is 6. The topological polar surface area (TPSA) is 153 Å². The van der Waals surface area contributed by atoms with Crippen molar-refractivity contribution >= 4 is 11.8 Å². The molecule has 3 fully saturated rings. The highest BCUT2D eigenvalue weighted by atomic mass is 16.7. The van der Waals surface area contributed by atoms with Crippen molar-refractivity contribution in [2.45, 2.75) is 224 Å². The van der Waals surface area contributed by atoms with Gasteiger partial charge >= 0.3 is 5.97 Å². The summed E-state index contributed by atoms with van der Waals surface area (Å²) < 4.78 is 34.2. The Morgan fingerprint density at radius 2 is 1.33 bits per heavy atom. The molecule has 0 aliphatic carbocycles. The molecule has 12 nitrogen and oxygen atoms in total. The summed E-state index contributed by atoms with van der Waals surface area (Å²) in [5.74, 6) is -1.31. The fourth-order valence-corrected chi connectivity index (χ4v) is 9.41. The molecule has 0 aromatic rings. The summed E-state index contributed by atoms with van der Waals surface area (Å²) in [6.07, 6.45) is -0.804. The number of carbonyl (C=O) groups excluding carboxylic acids is 2. The van der Waals surface area contributed by atoms with Crippen molar-refractivity contribution in [2.75, 3.05) is 28.3 Å². The molecule has 15 unspecified atom stereocenters. The van der Waals surface area contributed by atoms with Gasteiger partial charge < -0.3 is 48.6 Å². The first-order chi connectivity index (χ1) is 27.0. The molecular formula is C48H93NO11. The SMILES string of the molecule is CC1CC(N(C)C)C(O)C(C(C)(C)C)O1.COC1(C)CC(OC(C)C)OC(C)C1O.COC1C(C)C(C)(C)C(C)C(=O)OC(C)C(C)(C)C(O)C(C)C(=O)C(C)CC1(C)C. The molecule has 0 bridgehead atoms. The fraction of sp³-hybridized carbons (Fsp3) is 0.958. The van der Waals surface area contributed by atoms with Gasteiger partial charge in [-0.15, -0.1) is 0 Å². The van der Waals surface area contributed by atoms with Crippen molar-refractivity contribution < 1.29 is 53.3 Å². The Morgan fingerprint density at radius 1 is 0.800 bits per heavy atom. The number of cyclic esters (lactones) is 1. The summed E-state index contributed by atoms with van der Waals surface area (Å²) in [6, 6.07) is 0.206. The van der Waals surface area contributed by atoms with Crippen molar-refractivity contribution in [3.63, 3.8) is 0 Å². The minimum atomic E-state index is -0.915. The second-order valence-electron chi connectivity index (χ2n) is 22.2. The number of rotatable bonds is 5. The predicted octanol–water partition coefficient (Wildman–Crippen LogP) is 7.70. The summed E-state index contributed by atoms with van der Waals surface area (Å²) in [5.41, 5.74) is -2.03. The molecule has 356 valence electrons. The van der Waals surface area contributed by atoms with Crippen molar-refractivity contribution in [1.82, 2.24) is 4.90 Å². The number of esters is 1. The Morgan fingerprint density at radius 3 is 1.78 bits per heavy atom. The summed E-state index contributed by atoms with van der Waals surface area (Å²) in [6.45, 7) is 37.8. The number of carbonyl (C=O) groups is 2. The first-order valence-corrected chi connectivity index (χ1v) is 22.5. The lowest BCUT2D eigenvalue weighted by Crippen LogP contribution is -2.57. The third kappa shape index (κ3) is 14.1. The molecule has 3 rings (SSSR count). The van der Waals surface area contributed by atoms with E-state index in [-0.39, 0.29) is 88.6 Å². The molecular weight excluding hydrogens is 767 g/mol. The number of Topliss-reactive ketones (excluding diaryl/α,β-unsaturated/α-hetero) is 1. The van der Waals surface area contributed by atoms with Gasteiger partial charge in [0.25, 0.3) is 0 Å². The van der Waals surface area contributed by atoms with E-state index < -0.39 is 41.3 Å². The maximum Gasteiger partial charge on any atom is 0.309 e. The molecule has 0 aromatic heterocycles. The van der Waals surface area contributed by atoms with Crippen molar-refractivity contribution in [3.05, 3.63) is 0 Å². The minimum absolute atomic E-state index is 0.0116. The Balaban J connectivity index is 0.000000500. The average molecular weight is 860 g/mol. The highest BCUT2D eigenvalue weighted by molar-refractivity contribution is 5.83. The van der Waals surface area contributed by atoms with Crippen LogP contribution >= 0.6 is 0 Å². The highest BCUT2D eigenvalue weighted by Crippen LogP contribution is 2.47. The van der Waals surface area contributed by atoms with E-state index in [4.69, 9.17) is 28.4 Å². The van der Waals surface area contributed by atoms with Gasteiger partial charge in [0.15, 0.2) is 6.29 Å². The number of aliphatic hydroxyl groups excluding tert-OH is 3. The van der Waals surface area contributed by atoms with Crippen LogP contribution in [-0.4, -0.2) is 133 Å². The van der Waals surface area contributed by atoms with Gasteiger partial charge in [-0.3, -0.25) is 9.59 Å². The fourth-order valence-electron chi connectivity index (χ4n) is 9.41. The van der Waals surface area contributed by atoms with Crippen LogP contribution in [0.4, 0.5) is 0 Å². The van der Waals surface area contributed by atoms with Gasteiger partial charge in [-0.25, -0.2) is 0 Å². The van der Waals surface area contributed by atoms with Crippen LogP contribution in [0.3, 0.4) is 0 Å². The first kappa shape index (κ1) is 56.8. The van der Waals surface area contributed by atoms with E-state index in [1.54, 1.807) is 28.1 Å². The number of methoxy groups -OCH3 is 2. The third-order valence-electron chi connectivity index (χ3n) is 14.5. The van der Waals surface area contributed by atoms with Gasteiger partial charge in [-0.05, 0) is 90.6 Å². The van der Waals surface area contributed by atoms with Crippen LogP contribution in [0, 0.1) is 45.3 Å². The number of ketones is 1. The minimum Gasteiger partial charge on any atom is -0.462 e. The van der Waals surface area contributed by atoms with E-state index in [1.807, 2.05) is 69.5 Å². The first-order valence-electron chi connectivity index (χ1n) is 22.5. The van der Waals surface area contributed by atoms with Crippen molar-refractivity contribution in [1.29, 1.82) is 0 Å². The summed E-state index contributed by atoms with van der Waals surface area (Å²) in [7, 11) is 7.35. The second-order valence-corrected chi connectivity index (χ2v) is 22.2. The number of likely N-dealkylation sites (N-methyl/N-ethyl adjacent to an activating group) is 1. The van der Waals surface area contributed by atoms with Crippen LogP contribution in [0.1, 0.15) is 151 Å². The zero-order chi connectivity index (χ0) is 47.3. The van der Waals surface area contributed by atoms with Crippen LogP contribution in [0.15, 0.2) is 0 Å². The molecule has 0 aromatic carbocycles. The summed E-state index contributed by atoms with van der Waals surface area (Å²) >= 11 is 0. The molecule has 60 heavy (non-hydrogen) atoms. The lowest BCUT2D eigenvalue weighted by Gasteiger charge is -2.47. The van der Waals surface area contributed by atoms with Gasteiger partial charge in [0.1, 0.15) is 18.0 Å². The number of nitrogens with zero attached hydrogens (tertiary/aromatic N) is 1. The van der Waals surface area contributed by atoms with E-state index in [9.17, 15) is 24.9 Å². The smallest absolute Gasteiger partial charge is 0.309 e. The van der Waals surface area contributed by atoms with E-state index in [0.29, 0.717) is 12.8 Å². The van der Waals surface area contributed by atoms with Crippen molar-refractivity contribution in [3.8, 4) is 0 Å². The zero-order valence-corrected chi connectivity index (χ0v) is 42.3. The molecule has 12 heteroatoms. The molecule has 15 atom stereocenters. The number of hydrogen-bond acceptors (Lipinski definition) is 12. The van der Waals surface area contributed by atoms with Crippen molar-refractivity contribution in [2.24, 2.45) is 45.3 Å². The average Bonchev–Trinajstić information content (AvgIpc) is 3.12. The molecule has 0 radical (unpaired) electrons. The van der Waals surface area contributed by atoms with Gasteiger partial charge in [-0.2, -0.15) is 0 Å². The molecule has 3 heterocycles. The van der Waals surface area contributed by atoms with E-state index in [0.717, 1.165) is 6.42 Å². The van der Waals surface area contributed by atoms with E-state index in [1.165, 1.54) is 0 Å². The molecule has 3 saturated heterocycles. The normalized spacial score (nSPS) is 40.3. The summed E-state index contributed by atoms with van der Waals surface area (Å²) in [4.78, 5) is 28.4. The molecule has 0 spiro atoms. The van der Waals surface area contributed by atoms with Crippen LogP contribution in [0.25, 0.3) is 0 Å². The molecule has 3 N–H and O–H groups in total. The van der Waals surface area contributed by atoms with Gasteiger partial charge in [-0.1, -0.05) is 90.0 Å². The highest BCUT2D eigenvalue weighted by Gasteiger charge is 2.50. The quantitative estimate of drug-likeness (QED) is 0.232. The zero-order valence-electron chi connectivity index (χ0n) is 42.3. The maximum absolute atomic E-state index is 13.2. The van der Waals surface area contributed by atoms with E-state index >= 15 is 0 Å². The lowest BCUT2D eigenvalue weighted by molar-refractivity contribution is -0.285. The Kier molecular flexibility index (Phi) is 20.9. The molecule has 3 aliphatic heterocycles. The Hall–Kier alpha value is -1.22. The standard InChI is InChI=1S/C25H46O5.C12H25NO2.C11H22O4/c1-14-13-23(6,7)21(29-12)16(3)24(8,9)17(4)22(28)30-18(5)25(10,11)20(27)15(2)19(14)26;1-8-7-9(13(5)6)10(14)11(15-8)12(2,3)4;1-7(2)14-9-6-11(4,13-5)10(12)8(3)15-9/h14-18,20-21,27H,13H2,1-12H3;8-11,14H,7H2,1-6H3;7-10,12H,6H2,1-5H3. The van der Waals surface area contributed by atoms with Gasteiger partial charge in [0.2, 0.25) is 0 Å². The Bertz CT molecular complexity index is 1330. The number of aliphatic hydroxyl groups is 3. The van der Waals surface area contributed by atoms with Crippen LogP contribution in [-0.2, 0) is 38.0 Å². The predicted molar refractivity (Wildman–Crippen MR) is 238 cm³/mol. The molecule has 0 amide bonds. The monoisotopic (exact) mass is 860 g/mol. The summed E-state index contributed by atoms with van der Waals surface area (Å²) in [5, 5.41) is 31.3. The second kappa shape index (κ2) is 22.1. The molecule has 0 saturated carbocycles. The van der Waals surface area contributed by atoms with Crippen LogP contribution < -0.4 is 0 Å². The Labute approximate surface area is 366 Å². The largest absolute Gasteiger partial charge is 0.462 e. The number of hydrogen-bond donors (Lipinski definition) is 3. The van der Waals surface area contributed by atoms with Gasteiger partial charge in [0.05, 0.1) is 54.2 Å². The van der Waals surface area contributed by atoms with Gasteiger partial charge in [0, 0.05) is 43.9 Å². The lowest BCUT2D eigenvalue weighted by atomic mass is 9.62. The maximum atomic E-state index is 13.2.